The first-order valence-electron chi connectivity index (χ1n) is 6.43. The van der Waals surface area contributed by atoms with E-state index in [1.165, 1.54) is 0 Å². The molecule has 0 spiro atoms. The van der Waals surface area contributed by atoms with Gasteiger partial charge in [-0.15, -0.1) is 4.00 Å². The number of halogens is 1. The summed E-state index contributed by atoms with van der Waals surface area (Å²) in [6.07, 6.45) is 11.4. The van der Waals surface area contributed by atoms with E-state index < -0.39 is 0 Å². The summed E-state index contributed by atoms with van der Waals surface area (Å²) in [4.78, 5) is 8.67. The van der Waals surface area contributed by atoms with Crippen LogP contribution in [0.15, 0.2) is 33.8 Å². The first-order chi connectivity index (χ1) is 8.73. The molecule has 1 unspecified atom stereocenters. The quantitative estimate of drug-likeness (QED) is 0.767. The van der Waals surface area contributed by atoms with E-state index in [0.717, 1.165) is 37.1 Å². The highest BCUT2D eigenvalue weighted by atomic mass is 35.5. The third-order valence-corrected chi connectivity index (χ3v) is 4.44. The normalized spacial score (nSPS) is 38.3. The molecule has 0 aromatic heterocycles. The summed E-state index contributed by atoms with van der Waals surface area (Å²) >= 11 is 6.45. The number of rotatable bonds is 2. The van der Waals surface area contributed by atoms with E-state index in [9.17, 15) is 5.11 Å². The Morgan fingerprint density at radius 2 is 2.11 bits per heavy atom. The SMILES string of the molecule is OCC1CCC(C2=C3C=NC=C[N+]3(Cl)C=N2)CC1. The Balaban J connectivity index is 1.82. The van der Waals surface area contributed by atoms with Crippen molar-refractivity contribution in [1.29, 1.82) is 0 Å². The molecule has 3 aliphatic rings. The third-order valence-electron chi connectivity index (χ3n) is 4.05. The minimum atomic E-state index is 0.124. The molecule has 0 aromatic carbocycles. The van der Waals surface area contributed by atoms with Crippen LogP contribution in [0.5, 0.6) is 0 Å². The smallest absolute Gasteiger partial charge is 0.218 e. The van der Waals surface area contributed by atoms with Gasteiger partial charge in [-0.2, -0.15) is 4.99 Å². The number of aliphatic hydroxyl groups is 1. The lowest BCUT2D eigenvalue weighted by molar-refractivity contribution is -0.592. The molecule has 1 fully saturated rings. The van der Waals surface area contributed by atoms with Gasteiger partial charge in [0, 0.05) is 12.5 Å². The monoisotopic (exact) mass is 266 g/mol. The largest absolute Gasteiger partial charge is 0.396 e. The van der Waals surface area contributed by atoms with Crippen molar-refractivity contribution in [2.75, 3.05) is 6.61 Å². The van der Waals surface area contributed by atoms with Crippen molar-refractivity contribution in [3.63, 3.8) is 0 Å². The van der Waals surface area contributed by atoms with Gasteiger partial charge in [0.2, 0.25) is 12.0 Å². The molecule has 96 valence electrons. The third kappa shape index (κ3) is 1.94. The summed E-state index contributed by atoms with van der Waals surface area (Å²) in [6.45, 7) is 0.307. The number of hydrogen-bond acceptors (Lipinski definition) is 3. The molecule has 2 heterocycles. The number of aliphatic hydroxyl groups excluding tert-OH is 1. The van der Waals surface area contributed by atoms with E-state index in [2.05, 4.69) is 9.98 Å². The number of hydrogen-bond donors (Lipinski definition) is 1. The average Bonchev–Trinajstić information content (AvgIpc) is 2.76. The van der Waals surface area contributed by atoms with Gasteiger partial charge in [-0.1, -0.05) is 0 Å². The predicted octanol–water partition coefficient (Wildman–Crippen LogP) is 2.56. The summed E-state index contributed by atoms with van der Waals surface area (Å²) in [6, 6.07) is 0. The first-order valence-corrected chi connectivity index (χ1v) is 6.76. The summed E-state index contributed by atoms with van der Waals surface area (Å²) in [5, 5.41) is 9.17. The highest BCUT2D eigenvalue weighted by Gasteiger charge is 2.40. The van der Waals surface area contributed by atoms with Crippen LogP contribution in [0.1, 0.15) is 25.7 Å². The molecule has 2 aliphatic heterocycles. The van der Waals surface area contributed by atoms with Crippen molar-refractivity contribution in [2.45, 2.75) is 25.7 Å². The zero-order valence-corrected chi connectivity index (χ0v) is 10.9. The van der Waals surface area contributed by atoms with Gasteiger partial charge in [0.1, 0.15) is 11.9 Å². The number of allylic oxidation sites excluding steroid dienone is 2. The van der Waals surface area contributed by atoms with Gasteiger partial charge >= 0.3 is 0 Å². The number of quaternary nitrogens is 1. The maximum absolute atomic E-state index is 9.17. The molecule has 1 atom stereocenters. The lowest BCUT2D eigenvalue weighted by Gasteiger charge is -2.27. The molecule has 4 nitrogen and oxygen atoms in total. The van der Waals surface area contributed by atoms with E-state index in [1.54, 1.807) is 12.5 Å². The highest BCUT2D eigenvalue weighted by Crippen LogP contribution is 2.40. The average molecular weight is 267 g/mol. The molecule has 1 saturated carbocycles. The molecule has 0 saturated heterocycles. The second-order valence-electron chi connectivity index (χ2n) is 5.18. The standard InChI is InChI=1S/C13H17ClN3O/c14-17-6-5-15-7-12(17)13(16-9-17)11-3-1-10(8-18)2-4-11/h5-7,9-11,18H,1-4,8H2/q+1. The van der Waals surface area contributed by atoms with Crippen molar-refractivity contribution in [2.24, 2.45) is 21.8 Å². The van der Waals surface area contributed by atoms with Crippen molar-refractivity contribution in [3.8, 4) is 0 Å². The molecule has 1 N–H and O–H groups in total. The zero-order chi connectivity index (χ0) is 12.6. The Bertz CT molecular complexity index is 461. The summed E-state index contributed by atoms with van der Waals surface area (Å²) < 4.78 is 0.124. The highest BCUT2D eigenvalue weighted by molar-refractivity contribution is 6.14. The van der Waals surface area contributed by atoms with E-state index in [1.807, 2.05) is 12.4 Å². The van der Waals surface area contributed by atoms with Crippen LogP contribution in [-0.2, 0) is 0 Å². The zero-order valence-electron chi connectivity index (χ0n) is 10.2. The van der Waals surface area contributed by atoms with Crippen molar-refractivity contribution in [1.82, 2.24) is 0 Å². The van der Waals surface area contributed by atoms with E-state index >= 15 is 0 Å². The molecule has 5 heteroatoms. The van der Waals surface area contributed by atoms with Crippen LogP contribution in [0, 0.1) is 11.8 Å². The van der Waals surface area contributed by atoms with Crippen molar-refractivity contribution < 1.29 is 9.11 Å². The summed E-state index contributed by atoms with van der Waals surface area (Å²) in [7, 11) is 0. The molecule has 0 radical (unpaired) electrons. The predicted molar refractivity (Wildman–Crippen MR) is 71.8 cm³/mol. The molecule has 0 aromatic rings. The fourth-order valence-corrected chi connectivity index (χ4v) is 3.13. The van der Waals surface area contributed by atoms with Crippen molar-refractivity contribution in [3.05, 3.63) is 23.8 Å². The Hall–Kier alpha value is -0.970. The summed E-state index contributed by atoms with van der Waals surface area (Å²) in [5.74, 6) is 0.920. The van der Waals surface area contributed by atoms with Gasteiger partial charge in [0.15, 0.2) is 11.8 Å². The van der Waals surface area contributed by atoms with Crippen LogP contribution in [-0.4, -0.2) is 28.3 Å². The Labute approximate surface area is 112 Å². The minimum Gasteiger partial charge on any atom is -0.396 e. The summed E-state index contributed by atoms with van der Waals surface area (Å²) in [5.41, 5.74) is 2.06. The van der Waals surface area contributed by atoms with E-state index in [4.69, 9.17) is 11.8 Å². The molecular formula is C13H17ClN3O+. The van der Waals surface area contributed by atoms with Crippen LogP contribution >= 0.6 is 11.8 Å². The van der Waals surface area contributed by atoms with Crippen LogP contribution in [0.25, 0.3) is 0 Å². The van der Waals surface area contributed by atoms with Gasteiger partial charge in [0.25, 0.3) is 0 Å². The van der Waals surface area contributed by atoms with Crippen LogP contribution < -0.4 is 0 Å². The van der Waals surface area contributed by atoms with Gasteiger partial charge in [-0.3, -0.25) is 4.99 Å². The molecule has 0 amide bonds. The second-order valence-corrected chi connectivity index (χ2v) is 5.74. The maximum atomic E-state index is 9.17. The molecule has 18 heavy (non-hydrogen) atoms. The minimum absolute atomic E-state index is 0.124. The Morgan fingerprint density at radius 3 is 2.83 bits per heavy atom. The fourth-order valence-electron chi connectivity index (χ4n) is 2.91. The van der Waals surface area contributed by atoms with Gasteiger partial charge in [-0.05, 0) is 31.6 Å². The van der Waals surface area contributed by atoms with Crippen molar-refractivity contribution >= 4 is 24.3 Å². The van der Waals surface area contributed by atoms with E-state index in [-0.39, 0.29) is 4.00 Å². The lowest BCUT2D eigenvalue weighted by Crippen LogP contribution is -2.30. The maximum Gasteiger partial charge on any atom is 0.218 e. The number of aliphatic imine (C=N–C) groups is 2. The van der Waals surface area contributed by atoms with Gasteiger partial charge in [0.05, 0.1) is 12.4 Å². The topological polar surface area (TPSA) is 45.0 Å². The van der Waals surface area contributed by atoms with E-state index in [0.29, 0.717) is 18.4 Å². The first kappa shape index (κ1) is 12.1. The number of nitrogens with zero attached hydrogens (tertiary/aromatic N) is 3. The van der Waals surface area contributed by atoms with Crippen LogP contribution in [0.3, 0.4) is 0 Å². The molecule has 3 rings (SSSR count). The van der Waals surface area contributed by atoms with Gasteiger partial charge in [-0.25, -0.2) is 0 Å². The molecular weight excluding hydrogens is 250 g/mol. The lowest BCUT2D eigenvalue weighted by atomic mass is 9.80. The molecule has 1 aliphatic carbocycles. The second kappa shape index (κ2) is 4.61. The Morgan fingerprint density at radius 1 is 1.33 bits per heavy atom. The Kier molecular flexibility index (Phi) is 3.09. The van der Waals surface area contributed by atoms with Gasteiger partial charge < -0.3 is 5.11 Å². The number of fused-ring (bicyclic) bond motifs is 1. The molecule has 0 bridgehead atoms. The van der Waals surface area contributed by atoms with Crippen LogP contribution in [0.2, 0.25) is 0 Å². The van der Waals surface area contributed by atoms with Crippen LogP contribution in [0.4, 0.5) is 0 Å². The fraction of sp³-hybridized carbons (Fsp3) is 0.538.